The van der Waals surface area contributed by atoms with Crippen LogP contribution >= 0.6 is 0 Å². The molecule has 3 aliphatic carbocycles. The second kappa shape index (κ2) is 20.5. The Labute approximate surface area is 326 Å². The van der Waals surface area contributed by atoms with Gasteiger partial charge in [0.25, 0.3) is 0 Å². The molecule has 0 nitrogen and oxygen atoms in total. The molecule has 1 saturated carbocycles. The van der Waals surface area contributed by atoms with E-state index in [9.17, 15) is 0 Å². The van der Waals surface area contributed by atoms with Crippen molar-refractivity contribution in [1.82, 2.24) is 0 Å². The Hall–Kier alpha value is -3.90. The Morgan fingerprint density at radius 3 is 1.96 bits per heavy atom. The second-order valence-corrected chi connectivity index (χ2v) is 15.4. The number of benzene rings is 4. The van der Waals surface area contributed by atoms with Crippen molar-refractivity contribution in [3.63, 3.8) is 0 Å². The van der Waals surface area contributed by atoms with Gasteiger partial charge in [-0.1, -0.05) is 201 Å². The first-order valence-electron chi connectivity index (χ1n) is 20.9. The molecule has 7 rings (SSSR count). The fraction of sp³-hybridized carbons (Fsp3) is 0.434. The fourth-order valence-corrected chi connectivity index (χ4v) is 8.28. The molecule has 1 spiro atoms. The minimum Gasteiger partial charge on any atom is -0.0810 e. The van der Waals surface area contributed by atoms with E-state index in [1.807, 2.05) is 27.7 Å². The van der Waals surface area contributed by atoms with Crippen LogP contribution in [0.15, 0.2) is 109 Å². The first-order chi connectivity index (χ1) is 25.5. The van der Waals surface area contributed by atoms with Gasteiger partial charge in [0.05, 0.1) is 0 Å². The van der Waals surface area contributed by atoms with Crippen molar-refractivity contribution in [2.45, 2.75) is 140 Å². The molecule has 3 aliphatic rings. The van der Waals surface area contributed by atoms with Gasteiger partial charge in [-0.05, 0) is 116 Å². The van der Waals surface area contributed by atoms with Crippen molar-refractivity contribution in [2.24, 2.45) is 11.3 Å². The maximum atomic E-state index is 2.44. The average Bonchev–Trinajstić information content (AvgIpc) is 3.91. The van der Waals surface area contributed by atoms with Crippen molar-refractivity contribution in [3.8, 4) is 11.1 Å². The highest BCUT2D eigenvalue weighted by Crippen LogP contribution is 2.76. The number of allylic oxidation sites excluding steroid dienone is 6. The molecule has 0 heterocycles. The molecule has 0 amide bonds. The molecular formula is C53H72. The Bertz CT molecular complexity index is 1820. The van der Waals surface area contributed by atoms with Crippen LogP contribution in [0.1, 0.15) is 145 Å². The van der Waals surface area contributed by atoms with Gasteiger partial charge in [0.1, 0.15) is 0 Å². The third kappa shape index (κ3) is 10.2. The quantitative estimate of drug-likeness (QED) is 0.160. The predicted octanol–water partition coefficient (Wildman–Crippen LogP) is 16.2. The highest BCUT2D eigenvalue weighted by Gasteiger charge is 2.68. The van der Waals surface area contributed by atoms with Crippen LogP contribution in [0.2, 0.25) is 0 Å². The van der Waals surface area contributed by atoms with Gasteiger partial charge in [0.15, 0.2) is 0 Å². The van der Waals surface area contributed by atoms with E-state index in [2.05, 4.69) is 172 Å². The van der Waals surface area contributed by atoms with Crippen LogP contribution in [-0.4, -0.2) is 0 Å². The van der Waals surface area contributed by atoms with Crippen molar-refractivity contribution in [3.05, 3.63) is 154 Å². The van der Waals surface area contributed by atoms with Crippen molar-refractivity contribution < 1.29 is 0 Å². The summed E-state index contributed by atoms with van der Waals surface area (Å²) in [6.07, 6.45) is 18.4. The van der Waals surface area contributed by atoms with E-state index < -0.39 is 0 Å². The molecule has 1 fully saturated rings. The molecule has 284 valence electrons. The molecule has 0 aliphatic heterocycles. The van der Waals surface area contributed by atoms with E-state index in [4.69, 9.17) is 0 Å². The standard InChI is InChI=1S/C17H18.C16H18.C16H24.2C2H6/c1-11-7-8-13-14-6-4-5-12-10-17(12,14)16(2,3)15(13)9-11;1-4-14-11-12(2)9-10-16(14)15-8-6-5-7-13(15)3;1-4-5-6-7-8-9-15(3)16-12-10-14(2)11-13-16;2*1-2/h4-9,12H,10H2,1-3H3;5-11H,4H2,1-3H3;9-13H,4-8H2,1-3H3;2*1-2H3/b;;15-9-;;. The fourth-order valence-electron chi connectivity index (χ4n) is 8.28. The Balaban J connectivity index is 0.000000204. The lowest BCUT2D eigenvalue weighted by Crippen LogP contribution is -2.27. The summed E-state index contributed by atoms with van der Waals surface area (Å²) in [6.45, 7) is 28.2. The molecule has 4 aromatic rings. The van der Waals surface area contributed by atoms with Gasteiger partial charge in [-0.3, -0.25) is 0 Å². The van der Waals surface area contributed by atoms with E-state index in [1.54, 1.807) is 11.1 Å². The highest BCUT2D eigenvalue weighted by molar-refractivity contribution is 5.86. The Morgan fingerprint density at radius 1 is 0.698 bits per heavy atom. The largest absolute Gasteiger partial charge is 0.0810 e. The van der Waals surface area contributed by atoms with Crippen molar-refractivity contribution >= 4 is 11.1 Å². The van der Waals surface area contributed by atoms with Crippen LogP contribution in [0, 0.1) is 39.0 Å². The summed E-state index contributed by atoms with van der Waals surface area (Å²) in [6, 6.07) is 31.1. The van der Waals surface area contributed by atoms with E-state index in [1.165, 1.54) is 94.2 Å². The van der Waals surface area contributed by atoms with Crippen LogP contribution < -0.4 is 0 Å². The van der Waals surface area contributed by atoms with Crippen molar-refractivity contribution in [1.29, 1.82) is 0 Å². The summed E-state index contributed by atoms with van der Waals surface area (Å²) in [4.78, 5) is 0. The maximum Gasteiger partial charge on any atom is 0.0120 e. The van der Waals surface area contributed by atoms with Crippen molar-refractivity contribution in [2.75, 3.05) is 0 Å². The first-order valence-corrected chi connectivity index (χ1v) is 20.9. The number of aryl methyl sites for hydroxylation is 5. The maximum absolute atomic E-state index is 2.44. The molecule has 0 radical (unpaired) electrons. The summed E-state index contributed by atoms with van der Waals surface area (Å²) >= 11 is 0. The van der Waals surface area contributed by atoms with Crippen LogP contribution in [-0.2, 0) is 11.8 Å². The Kier molecular flexibility index (Phi) is 16.8. The van der Waals surface area contributed by atoms with Gasteiger partial charge < -0.3 is 0 Å². The van der Waals surface area contributed by atoms with E-state index in [0.29, 0.717) is 10.8 Å². The van der Waals surface area contributed by atoms with Gasteiger partial charge in [-0.2, -0.15) is 0 Å². The summed E-state index contributed by atoms with van der Waals surface area (Å²) in [5, 5.41) is 0. The van der Waals surface area contributed by atoms with Gasteiger partial charge in [0, 0.05) is 10.8 Å². The molecule has 0 bridgehead atoms. The topological polar surface area (TPSA) is 0 Å². The number of fused-ring (bicyclic) bond motifs is 2. The van der Waals surface area contributed by atoms with Gasteiger partial charge >= 0.3 is 0 Å². The number of hydrogen-bond acceptors (Lipinski definition) is 0. The zero-order valence-corrected chi connectivity index (χ0v) is 35.9. The Morgan fingerprint density at radius 2 is 1.32 bits per heavy atom. The number of rotatable bonds is 8. The monoisotopic (exact) mass is 709 g/mol. The first kappa shape index (κ1) is 43.5. The second-order valence-electron chi connectivity index (χ2n) is 15.4. The lowest BCUT2D eigenvalue weighted by molar-refractivity contribution is 0.376. The molecule has 0 N–H and O–H groups in total. The zero-order valence-electron chi connectivity index (χ0n) is 35.9. The van der Waals surface area contributed by atoms with E-state index in [0.717, 1.165) is 12.3 Å². The molecule has 0 heteroatoms. The minimum absolute atomic E-state index is 0.301. The minimum atomic E-state index is 0.301. The third-order valence-corrected chi connectivity index (χ3v) is 11.4. The van der Waals surface area contributed by atoms with Crippen LogP contribution in [0.5, 0.6) is 0 Å². The molecule has 0 saturated heterocycles. The summed E-state index contributed by atoms with van der Waals surface area (Å²) in [5.74, 6) is 0.783. The lowest BCUT2D eigenvalue weighted by Gasteiger charge is -2.31. The van der Waals surface area contributed by atoms with Gasteiger partial charge in [-0.25, -0.2) is 0 Å². The zero-order chi connectivity index (χ0) is 39.2. The molecule has 2 atom stereocenters. The van der Waals surface area contributed by atoms with Crippen LogP contribution in [0.25, 0.3) is 22.3 Å². The van der Waals surface area contributed by atoms with Gasteiger partial charge in [-0.15, -0.1) is 0 Å². The average molecular weight is 709 g/mol. The lowest BCUT2D eigenvalue weighted by atomic mass is 9.72. The molecular weight excluding hydrogens is 637 g/mol. The molecule has 53 heavy (non-hydrogen) atoms. The van der Waals surface area contributed by atoms with Crippen LogP contribution in [0.3, 0.4) is 0 Å². The van der Waals surface area contributed by atoms with Crippen LogP contribution in [0.4, 0.5) is 0 Å². The predicted molar refractivity (Wildman–Crippen MR) is 239 cm³/mol. The number of unbranched alkanes of at least 4 members (excludes halogenated alkanes) is 4. The smallest absolute Gasteiger partial charge is 0.0120 e. The summed E-state index contributed by atoms with van der Waals surface area (Å²) in [5.41, 5.74) is 17.8. The third-order valence-electron chi connectivity index (χ3n) is 11.4. The SMILES string of the molecule is CC.CC.CCCCCC/C=C(/C)c1ccc(C)cc1.CCc1cc(C)ccc1-c1ccccc1C.Cc1ccc2c(c1)C(C)(C)C13CC1C=CC=C23. The normalized spacial score (nSPS) is 18.1. The molecule has 2 unspecified atom stereocenters. The van der Waals surface area contributed by atoms with E-state index in [-0.39, 0.29) is 0 Å². The summed E-state index contributed by atoms with van der Waals surface area (Å²) < 4.78 is 0. The number of hydrogen-bond donors (Lipinski definition) is 0. The molecule has 0 aromatic heterocycles. The van der Waals surface area contributed by atoms with E-state index >= 15 is 0 Å². The van der Waals surface area contributed by atoms with Gasteiger partial charge in [0.2, 0.25) is 0 Å². The highest BCUT2D eigenvalue weighted by atomic mass is 14.7. The molecule has 4 aromatic carbocycles. The summed E-state index contributed by atoms with van der Waals surface area (Å²) in [7, 11) is 0.